The molecule has 2 aromatic rings. The highest BCUT2D eigenvalue weighted by Gasteiger charge is 2.06. The Bertz CT molecular complexity index is 585. The monoisotopic (exact) mass is 458 g/mol. The van der Waals surface area contributed by atoms with E-state index in [1.807, 2.05) is 48.5 Å². The molecule has 9 heteroatoms. The molecule has 0 aliphatic carbocycles. The molecule has 0 radical (unpaired) electrons. The first kappa shape index (κ1) is 30.5. The molecule has 27 heavy (non-hydrogen) atoms. The lowest BCUT2D eigenvalue weighted by Crippen LogP contribution is -2.23. The normalized spacial score (nSPS) is 10.1. The van der Waals surface area contributed by atoms with Crippen LogP contribution < -0.4 is 22.1 Å². The average Bonchev–Trinajstić information content (AvgIpc) is 2.57. The van der Waals surface area contributed by atoms with Crippen LogP contribution in [0, 0.1) is 0 Å². The topological polar surface area (TPSA) is 96.3 Å². The largest absolute Gasteiger partial charge is 0.399 e. The summed E-state index contributed by atoms with van der Waals surface area (Å²) in [6.07, 6.45) is 3.00. The average molecular weight is 460 g/mol. The molecule has 0 spiro atoms. The lowest BCUT2D eigenvalue weighted by Gasteiger charge is -2.17. The van der Waals surface area contributed by atoms with E-state index in [0.29, 0.717) is 0 Å². The lowest BCUT2D eigenvalue weighted by molar-refractivity contribution is 0.267. The van der Waals surface area contributed by atoms with E-state index in [4.69, 9.17) is 11.5 Å². The maximum atomic E-state index is 9.49. The molecule has 0 saturated carbocycles. The summed E-state index contributed by atoms with van der Waals surface area (Å²) in [5.74, 6) is 0. The van der Waals surface area contributed by atoms with Gasteiger partial charge in [-0.15, -0.1) is 49.6 Å². The summed E-state index contributed by atoms with van der Waals surface area (Å²) >= 11 is 0. The zero-order valence-corrected chi connectivity index (χ0v) is 18.2. The molecule has 0 aliphatic rings. The maximum Gasteiger partial charge on any atom is 0.0632 e. The molecule has 0 amide bonds. The molecule has 2 aromatic carbocycles. The van der Waals surface area contributed by atoms with E-state index in [1.54, 1.807) is 0 Å². The Hall–Kier alpha value is -1.24. The van der Waals surface area contributed by atoms with Gasteiger partial charge in [-0.25, -0.2) is 0 Å². The van der Waals surface area contributed by atoms with Gasteiger partial charge in [0.2, 0.25) is 0 Å². The molecule has 0 saturated heterocycles. The van der Waals surface area contributed by atoms with Crippen molar-refractivity contribution in [1.29, 1.82) is 0 Å². The molecule has 0 aromatic heterocycles. The molecule has 2 rings (SSSR count). The Morgan fingerprint density at radius 2 is 1.22 bits per heavy atom. The number of unbranched alkanes of at least 4 members (excludes halogenated alkanes) is 1. The Morgan fingerprint density at radius 3 is 1.70 bits per heavy atom. The number of benzene rings is 2. The van der Waals surface area contributed by atoms with Gasteiger partial charge in [0.25, 0.3) is 0 Å². The smallest absolute Gasteiger partial charge is 0.0632 e. The molecule has 5 nitrogen and oxygen atoms in total. The first-order chi connectivity index (χ1) is 11.2. The lowest BCUT2D eigenvalue weighted by atomic mass is 10.1. The van der Waals surface area contributed by atoms with Crippen LogP contribution in [0.15, 0.2) is 48.5 Å². The van der Waals surface area contributed by atoms with E-state index in [9.17, 15) is 5.11 Å². The molecule has 0 aliphatic heterocycles. The van der Waals surface area contributed by atoms with Crippen LogP contribution in [0.1, 0.15) is 19.3 Å². The van der Waals surface area contributed by atoms with Crippen LogP contribution in [0.25, 0.3) is 0 Å². The van der Waals surface area contributed by atoms with Gasteiger partial charge >= 0.3 is 0 Å². The van der Waals surface area contributed by atoms with Gasteiger partial charge in [0.1, 0.15) is 0 Å². The number of nitrogens with two attached hydrogens (primary N) is 2. The summed E-state index contributed by atoms with van der Waals surface area (Å²) in [5, 5.41) is 16.2. The van der Waals surface area contributed by atoms with E-state index in [2.05, 4.69) is 10.6 Å². The van der Waals surface area contributed by atoms with E-state index in [1.165, 1.54) is 0 Å². The molecule has 156 valence electrons. The van der Waals surface area contributed by atoms with E-state index in [-0.39, 0.29) is 62.3 Å². The number of rotatable bonds is 9. The fraction of sp³-hybridized carbons (Fsp3) is 0.333. The van der Waals surface area contributed by atoms with Crippen LogP contribution in [0.2, 0.25) is 0 Å². The third kappa shape index (κ3) is 12.0. The minimum atomic E-state index is 0. The zero-order valence-electron chi connectivity index (χ0n) is 15.0. The fourth-order valence-electron chi connectivity index (χ4n) is 2.37. The van der Waals surface area contributed by atoms with Gasteiger partial charge < -0.3 is 27.2 Å². The van der Waals surface area contributed by atoms with E-state index < -0.39 is 0 Å². The highest BCUT2D eigenvalue weighted by molar-refractivity contribution is 5.86. The molecular formula is C18H30Cl4N4O. The van der Waals surface area contributed by atoms with Crippen molar-refractivity contribution < 1.29 is 5.11 Å². The maximum absolute atomic E-state index is 9.49. The molecule has 1 atom stereocenters. The number of aliphatic hydroxyl groups is 1. The number of nitrogen functional groups attached to an aromatic ring is 2. The molecule has 7 N–H and O–H groups in total. The Morgan fingerprint density at radius 1 is 0.741 bits per heavy atom. The molecule has 1 unspecified atom stereocenters. The van der Waals surface area contributed by atoms with Crippen LogP contribution >= 0.6 is 49.6 Å². The van der Waals surface area contributed by atoms with Gasteiger partial charge in [0, 0.05) is 35.3 Å². The number of hydrogen-bond donors (Lipinski definition) is 5. The summed E-state index contributed by atoms with van der Waals surface area (Å²) in [5.41, 5.74) is 14.9. The number of aliphatic hydroxyl groups excluding tert-OH is 1. The van der Waals surface area contributed by atoms with Crippen LogP contribution in [0.5, 0.6) is 0 Å². The zero-order chi connectivity index (χ0) is 16.5. The van der Waals surface area contributed by atoms with Crippen LogP contribution in [-0.2, 0) is 0 Å². The third-order valence-electron chi connectivity index (χ3n) is 3.72. The van der Waals surface area contributed by atoms with Crippen molar-refractivity contribution in [2.24, 2.45) is 0 Å². The minimum Gasteiger partial charge on any atom is -0.399 e. The Kier molecular flexibility index (Phi) is 19.1. The van der Waals surface area contributed by atoms with Gasteiger partial charge in [-0.05, 0) is 67.8 Å². The molecule has 0 fully saturated rings. The quantitative estimate of drug-likeness (QED) is 0.279. The van der Waals surface area contributed by atoms with Gasteiger partial charge in [0.15, 0.2) is 0 Å². The predicted octanol–water partition coefficient (Wildman–Crippen LogP) is 4.59. The van der Waals surface area contributed by atoms with Crippen LogP contribution in [0.4, 0.5) is 22.7 Å². The standard InChI is InChI=1S/C18H26N4O.4ClH/c19-14-4-8-16(9-5-14)21-12-2-1-3-18(13-23)22-17-10-6-15(20)7-11-17;;;;/h4-11,18,21-23H,1-3,12-13,19-20H2;4*1H. The fourth-order valence-corrected chi connectivity index (χ4v) is 2.37. The third-order valence-corrected chi connectivity index (χ3v) is 3.72. The van der Waals surface area contributed by atoms with Crippen molar-refractivity contribution >= 4 is 72.4 Å². The number of hydrogen-bond acceptors (Lipinski definition) is 5. The summed E-state index contributed by atoms with van der Waals surface area (Å²) in [7, 11) is 0. The van der Waals surface area contributed by atoms with Gasteiger partial charge in [-0.3, -0.25) is 0 Å². The summed E-state index contributed by atoms with van der Waals surface area (Å²) in [6.45, 7) is 1.03. The van der Waals surface area contributed by atoms with Crippen LogP contribution in [-0.4, -0.2) is 24.3 Å². The number of anilines is 4. The van der Waals surface area contributed by atoms with Gasteiger partial charge in [-0.2, -0.15) is 0 Å². The van der Waals surface area contributed by atoms with Crippen molar-refractivity contribution in [3.05, 3.63) is 48.5 Å². The molecular weight excluding hydrogens is 430 g/mol. The second-order valence-corrected chi connectivity index (χ2v) is 5.69. The van der Waals surface area contributed by atoms with Crippen molar-refractivity contribution in [2.75, 3.05) is 35.3 Å². The van der Waals surface area contributed by atoms with Crippen LogP contribution in [0.3, 0.4) is 0 Å². The second kappa shape index (κ2) is 16.9. The number of nitrogens with one attached hydrogen (secondary N) is 2. The van der Waals surface area contributed by atoms with Crippen molar-refractivity contribution in [1.82, 2.24) is 0 Å². The van der Waals surface area contributed by atoms with Gasteiger partial charge in [0.05, 0.1) is 6.61 Å². The van der Waals surface area contributed by atoms with Gasteiger partial charge in [-0.1, -0.05) is 0 Å². The molecule has 0 bridgehead atoms. The predicted molar refractivity (Wildman–Crippen MR) is 128 cm³/mol. The van der Waals surface area contributed by atoms with Crippen molar-refractivity contribution in [2.45, 2.75) is 25.3 Å². The highest BCUT2D eigenvalue weighted by atomic mass is 35.5. The Balaban J connectivity index is -0.00000144. The number of halogens is 4. The van der Waals surface area contributed by atoms with E-state index >= 15 is 0 Å². The van der Waals surface area contributed by atoms with E-state index in [0.717, 1.165) is 48.6 Å². The van der Waals surface area contributed by atoms with Crippen molar-refractivity contribution in [3.63, 3.8) is 0 Å². The SMILES string of the molecule is Cl.Cl.Cl.Cl.Nc1ccc(NCCCCC(CO)Nc2ccc(N)cc2)cc1. The van der Waals surface area contributed by atoms with Crippen molar-refractivity contribution in [3.8, 4) is 0 Å². The Labute approximate surface area is 186 Å². The highest BCUT2D eigenvalue weighted by Crippen LogP contribution is 2.14. The summed E-state index contributed by atoms with van der Waals surface area (Å²) in [6, 6.07) is 15.4. The minimum absolute atomic E-state index is 0. The molecule has 0 heterocycles. The summed E-state index contributed by atoms with van der Waals surface area (Å²) < 4.78 is 0. The first-order valence-corrected chi connectivity index (χ1v) is 8.00. The first-order valence-electron chi connectivity index (χ1n) is 8.00. The second-order valence-electron chi connectivity index (χ2n) is 5.69. The summed E-state index contributed by atoms with van der Waals surface area (Å²) in [4.78, 5) is 0.